The van der Waals surface area contributed by atoms with Gasteiger partial charge in [-0.1, -0.05) is 53.7 Å². The van der Waals surface area contributed by atoms with Crippen LogP contribution in [0.25, 0.3) is 10.2 Å². The van der Waals surface area contributed by atoms with E-state index >= 15 is 0 Å². The van der Waals surface area contributed by atoms with E-state index < -0.39 is 27.8 Å². The number of carbonyl (C=O) groups excluding carboxylic acids is 1. The Hall–Kier alpha value is -3.15. The number of nitro benzene ring substituents is 1. The molecule has 0 spiro atoms. The lowest BCUT2D eigenvalue weighted by Crippen LogP contribution is -2.19. The standard InChI is InChI=1S/C22H13ClF3N3O3S2/c23-15-8-6-13(22(24,25)26)10-17(15)27-20(30)19(12-4-2-1-3-5-12)34-21-28-16-9-7-14(29(31)32)11-18(16)33-21/h1-11,19H,(H,27,30). The summed E-state index contributed by atoms with van der Waals surface area (Å²) in [5.74, 6) is -0.595. The van der Waals surface area contributed by atoms with Crippen LogP contribution in [0.4, 0.5) is 24.5 Å². The smallest absolute Gasteiger partial charge is 0.323 e. The van der Waals surface area contributed by atoms with Gasteiger partial charge in [-0.25, -0.2) is 4.98 Å². The number of carbonyl (C=O) groups is 1. The number of thioether (sulfide) groups is 1. The molecule has 0 aliphatic rings. The third kappa shape index (κ3) is 5.32. The molecule has 1 unspecified atom stereocenters. The number of thiazole rings is 1. The molecule has 0 fully saturated rings. The molecule has 12 heteroatoms. The Morgan fingerprint density at radius 3 is 2.53 bits per heavy atom. The molecule has 1 aromatic heterocycles. The van der Waals surface area contributed by atoms with Crippen LogP contribution in [0.5, 0.6) is 0 Å². The zero-order valence-electron chi connectivity index (χ0n) is 16.9. The molecule has 0 bridgehead atoms. The van der Waals surface area contributed by atoms with Gasteiger partial charge in [0.25, 0.3) is 5.69 Å². The number of hydrogen-bond acceptors (Lipinski definition) is 6. The van der Waals surface area contributed by atoms with Crippen molar-refractivity contribution in [2.24, 2.45) is 0 Å². The highest BCUT2D eigenvalue weighted by atomic mass is 35.5. The molecular weight excluding hydrogens is 511 g/mol. The van der Waals surface area contributed by atoms with Crippen molar-refractivity contribution in [2.75, 3.05) is 5.32 Å². The highest BCUT2D eigenvalue weighted by Crippen LogP contribution is 2.41. The van der Waals surface area contributed by atoms with Gasteiger partial charge in [-0.05, 0) is 29.8 Å². The Bertz CT molecular complexity index is 1380. The van der Waals surface area contributed by atoms with Crippen molar-refractivity contribution in [1.29, 1.82) is 0 Å². The first-order valence-corrected chi connectivity index (χ1v) is 11.6. The van der Waals surface area contributed by atoms with E-state index in [9.17, 15) is 28.1 Å². The maximum absolute atomic E-state index is 13.2. The van der Waals surface area contributed by atoms with Crippen molar-refractivity contribution in [3.63, 3.8) is 0 Å². The van der Waals surface area contributed by atoms with Crippen LogP contribution in [0.2, 0.25) is 5.02 Å². The fourth-order valence-electron chi connectivity index (χ4n) is 3.05. The van der Waals surface area contributed by atoms with Gasteiger partial charge in [0.1, 0.15) is 5.25 Å². The summed E-state index contributed by atoms with van der Waals surface area (Å²) in [6.45, 7) is 0. The van der Waals surface area contributed by atoms with Crippen LogP contribution in [0.3, 0.4) is 0 Å². The molecule has 0 saturated heterocycles. The summed E-state index contributed by atoms with van der Waals surface area (Å²) < 4.78 is 40.4. The van der Waals surface area contributed by atoms with Gasteiger partial charge in [-0.3, -0.25) is 14.9 Å². The van der Waals surface area contributed by atoms with Crippen molar-refractivity contribution < 1.29 is 22.9 Å². The topological polar surface area (TPSA) is 85.1 Å². The number of nitrogens with zero attached hydrogens (tertiary/aromatic N) is 2. The molecular formula is C22H13ClF3N3O3S2. The highest BCUT2D eigenvalue weighted by molar-refractivity contribution is 8.02. The van der Waals surface area contributed by atoms with Crippen LogP contribution in [-0.2, 0) is 11.0 Å². The first-order chi connectivity index (χ1) is 16.1. The normalized spacial score (nSPS) is 12.5. The van der Waals surface area contributed by atoms with Gasteiger partial charge in [-0.2, -0.15) is 13.2 Å². The number of benzene rings is 3. The molecule has 6 nitrogen and oxygen atoms in total. The van der Waals surface area contributed by atoms with E-state index in [0.29, 0.717) is 20.1 Å². The van der Waals surface area contributed by atoms with Crippen molar-refractivity contribution in [1.82, 2.24) is 4.98 Å². The van der Waals surface area contributed by atoms with E-state index in [4.69, 9.17) is 11.6 Å². The predicted molar refractivity (Wildman–Crippen MR) is 126 cm³/mol. The van der Waals surface area contributed by atoms with Crippen LogP contribution in [-0.4, -0.2) is 15.8 Å². The van der Waals surface area contributed by atoms with E-state index in [0.717, 1.165) is 30.0 Å². The number of nitrogens with one attached hydrogen (secondary N) is 1. The first kappa shape index (κ1) is 24.0. The Kier molecular flexibility index (Phi) is 6.78. The quantitative estimate of drug-likeness (QED) is 0.162. The lowest BCUT2D eigenvalue weighted by atomic mass is 10.1. The number of nitro groups is 1. The number of rotatable bonds is 6. The fourth-order valence-corrected chi connectivity index (χ4v) is 5.51. The molecule has 34 heavy (non-hydrogen) atoms. The average Bonchev–Trinajstić information content (AvgIpc) is 3.20. The minimum absolute atomic E-state index is 0.0366. The largest absolute Gasteiger partial charge is 0.416 e. The second-order valence-electron chi connectivity index (χ2n) is 6.98. The minimum atomic E-state index is -4.60. The van der Waals surface area contributed by atoms with Gasteiger partial charge in [0.2, 0.25) is 5.91 Å². The number of halogens is 4. The lowest BCUT2D eigenvalue weighted by molar-refractivity contribution is -0.384. The molecule has 1 N–H and O–H groups in total. The SMILES string of the molecule is O=C(Nc1cc(C(F)(F)F)ccc1Cl)C(Sc1nc2ccc([N+](=O)[O-])cc2s1)c1ccccc1. The van der Waals surface area contributed by atoms with E-state index in [2.05, 4.69) is 10.3 Å². The van der Waals surface area contributed by atoms with E-state index in [-0.39, 0.29) is 16.4 Å². The summed E-state index contributed by atoms with van der Waals surface area (Å²) in [6, 6.07) is 15.6. The number of anilines is 1. The van der Waals surface area contributed by atoms with Gasteiger partial charge in [0.15, 0.2) is 4.34 Å². The van der Waals surface area contributed by atoms with Gasteiger partial charge in [0, 0.05) is 12.1 Å². The molecule has 174 valence electrons. The van der Waals surface area contributed by atoms with Crippen LogP contribution >= 0.6 is 34.7 Å². The van der Waals surface area contributed by atoms with E-state index in [1.165, 1.54) is 29.5 Å². The first-order valence-electron chi connectivity index (χ1n) is 9.56. The maximum Gasteiger partial charge on any atom is 0.416 e. The predicted octanol–water partition coefficient (Wildman–Crippen LogP) is 7.35. The Morgan fingerprint density at radius 2 is 1.85 bits per heavy atom. The summed E-state index contributed by atoms with van der Waals surface area (Å²) in [4.78, 5) is 28.2. The number of amides is 1. The number of alkyl halides is 3. The van der Waals surface area contributed by atoms with Crippen LogP contribution in [0, 0.1) is 10.1 Å². The number of fused-ring (bicyclic) bond motifs is 1. The van der Waals surface area contributed by atoms with Gasteiger partial charge >= 0.3 is 6.18 Å². The summed E-state index contributed by atoms with van der Waals surface area (Å²) in [5.41, 5.74) is -0.0550. The van der Waals surface area contributed by atoms with Crippen LogP contribution in [0.15, 0.2) is 71.1 Å². The summed E-state index contributed by atoms with van der Waals surface area (Å²) >= 11 is 8.30. The highest BCUT2D eigenvalue weighted by Gasteiger charge is 2.32. The molecule has 4 aromatic rings. The molecule has 0 saturated carbocycles. The van der Waals surface area contributed by atoms with Gasteiger partial charge in [0.05, 0.1) is 31.4 Å². The second-order valence-corrected chi connectivity index (χ2v) is 9.77. The van der Waals surface area contributed by atoms with E-state index in [1.807, 2.05) is 0 Å². The summed E-state index contributed by atoms with van der Waals surface area (Å²) in [5, 5.41) is 12.6. The summed E-state index contributed by atoms with van der Waals surface area (Å²) in [6.07, 6.45) is -4.60. The average molecular weight is 524 g/mol. The van der Waals surface area contributed by atoms with E-state index in [1.54, 1.807) is 30.3 Å². The minimum Gasteiger partial charge on any atom is -0.323 e. The van der Waals surface area contributed by atoms with Crippen LogP contribution < -0.4 is 5.32 Å². The molecule has 1 heterocycles. The second kappa shape index (κ2) is 9.61. The molecule has 1 atom stereocenters. The fraction of sp³-hybridized carbons (Fsp3) is 0.0909. The monoisotopic (exact) mass is 523 g/mol. The molecule has 0 radical (unpaired) electrons. The molecule has 1 amide bonds. The van der Waals surface area contributed by atoms with Crippen molar-refractivity contribution in [2.45, 2.75) is 15.8 Å². The number of aromatic nitrogens is 1. The lowest BCUT2D eigenvalue weighted by Gasteiger charge is -2.17. The van der Waals surface area contributed by atoms with Crippen LogP contribution in [0.1, 0.15) is 16.4 Å². The maximum atomic E-state index is 13.2. The molecule has 4 rings (SSSR count). The third-order valence-electron chi connectivity index (χ3n) is 4.67. The van der Waals surface area contributed by atoms with Gasteiger partial charge < -0.3 is 5.32 Å². The van der Waals surface area contributed by atoms with Crippen molar-refractivity contribution in [3.8, 4) is 0 Å². The molecule has 3 aromatic carbocycles. The Morgan fingerprint density at radius 1 is 1.12 bits per heavy atom. The third-order valence-corrected chi connectivity index (χ3v) is 7.37. The number of non-ortho nitro benzene ring substituents is 1. The Balaban J connectivity index is 1.66. The zero-order valence-corrected chi connectivity index (χ0v) is 19.3. The van der Waals surface area contributed by atoms with Crippen molar-refractivity contribution in [3.05, 3.63) is 93.0 Å². The Labute approximate surface area is 203 Å². The van der Waals surface area contributed by atoms with Gasteiger partial charge in [-0.15, -0.1) is 11.3 Å². The molecule has 0 aliphatic heterocycles. The zero-order chi connectivity index (χ0) is 24.5. The number of hydrogen-bond donors (Lipinski definition) is 1. The molecule has 0 aliphatic carbocycles. The van der Waals surface area contributed by atoms with Crippen molar-refractivity contribution >= 4 is 62.2 Å². The summed E-state index contributed by atoms with van der Waals surface area (Å²) in [7, 11) is 0.